The van der Waals surface area contributed by atoms with Crippen LogP contribution in [0.4, 0.5) is 0 Å². The summed E-state index contributed by atoms with van der Waals surface area (Å²) in [6.45, 7) is 13.1. The van der Waals surface area contributed by atoms with Gasteiger partial charge in [-0.2, -0.15) is 0 Å². The molecule has 6 unspecified atom stereocenters. The fraction of sp³-hybridized carbons (Fsp3) is 0.571. The van der Waals surface area contributed by atoms with Gasteiger partial charge < -0.3 is 9.63 Å². The van der Waals surface area contributed by atoms with Crippen molar-refractivity contribution in [2.45, 2.75) is 52.4 Å². The van der Waals surface area contributed by atoms with E-state index in [0.717, 1.165) is 5.56 Å². The highest BCUT2D eigenvalue weighted by Crippen LogP contribution is 3.04. The molecule has 1 saturated carbocycles. The Hall–Kier alpha value is -1.18. The van der Waals surface area contributed by atoms with Crippen LogP contribution >= 0.6 is 8.15 Å². The quantitative estimate of drug-likeness (QED) is 0.479. The normalized spacial score (nSPS) is 47.0. The third kappa shape index (κ3) is 1.34. The maximum absolute atomic E-state index is 13.4. The molecule has 1 saturated heterocycles. The standard InChI is InChI=1S/C21H27O3P/c1-7-24-17(22)21-16(15-11-9-8-10-12-15)25(23)19(5)14(3)13(2)18(21,4)20(19,21)6/h8-12,16,23H,7H2,1-6H3. The molecule has 0 bridgehead atoms. The number of benzene rings is 1. The highest BCUT2D eigenvalue weighted by atomic mass is 31.1. The highest BCUT2D eigenvalue weighted by molar-refractivity contribution is 7.55. The molecule has 1 N–H and O–H groups in total. The topological polar surface area (TPSA) is 46.5 Å². The Bertz CT molecular complexity index is 803. The molecule has 1 aromatic carbocycles. The smallest absolute Gasteiger partial charge is 0.314 e. The number of rotatable bonds is 3. The van der Waals surface area contributed by atoms with E-state index < -0.39 is 13.6 Å². The average Bonchev–Trinajstić information content (AvgIpc) is 2.96. The van der Waals surface area contributed by atoms with Crippen molar-refractivity contribution in [3.8, 4) is 0 Å². The van der Waals surface area contributed by atoms with Gasteiger partial charge in [0.1, 0.15) is 0 Å². The number of esters is 1. The Kier molecular flexibility index (Phi) is 3.28. The van der Waals surface area contributed by atoms with Crippen LogP contribution in [0.5, 0.6) is 0 Å². The molecule has 6 atom stereocenters. The molecule has 4 rings (SSSR count). The summed E-state index contributed by atoms with van der Waals surface area (Å²) in [5.41, 5.74) is 2.19. The van der Waals surface area contributed by atoms with E-state index in [-0.39, 0.29) is 27.6 Å². The zero-order valence-corrected chi connectivity index (χ0v) is 16.8. The lowest BCUT2D eigenvalue weighted by atomic mass is 9.76. The number of hydrogen-bond acceptors (Lipinski definition) is 3. The molecule has 3 nitrogen and oxygen atoms in total. The molecular weight excluding hydrogens is 331 g/mol. The third-order valence-corrected chi connectivity index (χ3v) is 11.2. The molecule has 0 spiro atoms. The molecule has 1 aliphatic heterocycles. The minimum Gasteiger partial charge on any atom is -0.465 e. The molecule has 2 aliphatic carbocycles. The van der Waals surface area contributed by atoms with Gasteiger partial charge in [0, 0.05) is 29.8 Å². The van der Waals surface area contributed by atoms with Crippen LogP contribution in [0.1, 0.15) is 52.8 Å². The predicted octanol–water partition coefficient (Wildman–Crippen LogP) is 4.81. The minimum absolute atomic E-state index is 0.133. The molecule has 134 valence electrons. The van der Waals surface area contributed by atoms with Crippen molar-refractivity contribution in [3.05, 3.63) is 47.0 Å². The van der Waals surface area contributed by atoms with Gasteiger partial charge in [0.25, 0.3) is 0 Å². The van der Waals surface area contributed by atoms with E-state index >= 15 is 0 Å². The Morgan fingerprint density at radius 3 is 2.32 bits per heavy atom. The average molecular weight is 358 g/mol. The van der Waals surface area contributed by atoms with Crippen molar-refractivity contribution in [1.29, 1.82) is 0 Å². The summed E-state index contributed by atoms with van der Waals surface area (Å²) >= 11 is 0. The van der Waals surface area contributed by atoms with E-state index in [4.69, 9.17) is 4.74 Å². The predicted molar refractivity (Wildman–Crippen MR) is 100 cm³/mol. The molecule has 0 amide bonds. The molecule has 25 heavy (non-hydrogen) atoms. The van der Waals surface area contributed by atoms with Gasteiger partial charge in [0.2, 0.25) is 0 Å². The van der Waals surface area contributed by atoms with E-state index in [1.807, 2.05) is 25.1 Å². The van der Waals surface area contributed by atoms with E-state index in [1.165, 1.54) is 11.1 Å². The van der Waals surface area contributed by atoms with Crippen LogP contribution < -0.4 is 0 Å². The molecule has 1 heterocycles. The number of fused-ring (bicyclic) bond motifs is 1. The fourth-order valence-corrected chi connectivity index (χ4v) is 10.1. The first kappa shape index (κ1) is 17.2. The summed E-state index contributed by atoms with van der Waals surface area (Å²) in [5.74, 6) is -0.133. The van der Waals surface area contributed by atoms with Crippen molar-refractivity contribution < 1.29 is 14.4 Å². The summed E-state index contributed by atoms with van der Waals surface area (Å²) in [7, 11) is -1.40. The lowest BCUT2D eigenvalue weighted by Gasteiger charge is -2.37. The van der Waals surface area contributed by atoms with Gasteiger partial charge >= 0.3 is 5.97 Å². The number of carbonyl (C=O) groups excluding carboxylic acids is 1. The van der Waals surface area contributed by atoms with Gasteiger partial charge in [-0.15, -0.1) is 0 Å². The minimum atomic E-state index is -1.40. The van der Waals surface area contributed by atoms with Gasteiger partial charge in [0.05, 0.1) is 12.0 Å². The van der Waals surface area contributed by atoms with Crippen molar-refractivity contribution in [1.82, 2.24) is 0 Å². The van der Waals surface area contributed by atoms with Crippen LogP contribution in [0.15, 0.2) is 41.5 Å². The van der Waals surface area contributed by atoms with Crippen molar-refractivity contribution in [3.63, 3.8) is 0 Å². The molecule has 0 radical (unpaired) electrons. The Balaban J connectivity index is 2.02. The third-order valence-electron chi connectivity index (χ3n) is 8.36. The summed E-state index contributed by atoms with van der Waals surface area (Å²) in [6.07, 6.45) is 0. The largest absolute Gasteiger partial charge is 0.465 e. The summed E-state index contributed by atoms with van der Waals surface area (Å²) < 4.78 is 5.62. The lowest BCUT2D eigenvalue weighted by molar-refractivity contribution is -0.152. The van der Waals surface area contributed by atoms with Crippen LogP contribution in [0.2, 0.25) is 0 Å². The second-order valence-electron chi connectivity index (χ2n) is 8.26. The van der Waals surface area contributed by atoms with Crippen molar-refractivity contribution in [2.24, 2.45) is 16.2 Å². The SMILES string of the molecule is CCOC(=O)C12C(c3ccccc3)P(O)C3(C)C(C)=C(C)C1(C)C32C. The Morgan fingerprint density at radius 1 is 1.16 bits per heavy atom. The molecule has 0 aromatic heterocycles. The van der Waals surface area contributed by atoms with Crippen LogP contribution in [0.3, 0.4) is 0 Å². The molecule has 1 aromatic rings. The van der Waals surface area contributed by atoms with Crippen molar-refractivity contribution in [2.75, 3.05) is 6.61 Å². The van der Waals surface area contributed by atoms with E-state index in [0.29, 0.717) is 6.61 Å². The van der Waals surface area contributed by atoms with Gasteiger partial charge in [-0.1, -0.05) is 55.3 Å². The van der Waals surface area contributed by atoms with Crippen LogP contribution in [0, 0.1) is 16.2 Å². The highest BCUT2D eigenvalue weighted by Gasteiger charge is 3.01. The fourth-order valence-electron chi connectivity index (χ4n) is 6.78. The van der Waals surface area contributed by atoms with E-state index in [1.54, 1.807) is 0 Å². The Morgan fingerprint density at radius 2 is 1.76 bits per heavy atom. The van der Waals surface area contributed by atoms with Crippen LogP contribution in [-0.2, 0) is 9.53 Å². The first-order valence-corrected chi connectivity index (χ1v) is 10.4. The number of hydrogen-bond donors (Lipinski definition) is 1. The summed E-state index contributed by atoms with van der Waals surface area (Å²) in [6, 6.07) is 10.1. The maximum atomic E-state index is 13.4. The second-order valence-corrected chi connectivity index (χ2v) is 10.4. The second kappa shape index (κ2) is 4.75. The molecule has 3 aliphatic rings. The van der Waals surface area contributed by atoms with Crippen molar-refractivity contribution >= 4 is 14.1 Å². The van der Waals surface area contributed by atoms with Crippen LogP contribution in [0.25, 0.3) is 0 Å². The lowest BCUT2D eigenvalue weighted by Crippen LogP contribution is -2.34. The first-order chi connectivity index (χ1) is 11.7. The number of ether oxygens (including phenoxy) is 1. The summed E-state index contributed by atoms with van der Waals surface area (Å²) in [4.78, 5) is 24.9. The molecule has 2 fully saturated rings. The first-order valence-electron chi connectivity index (χ1n) is 9.07. The molecular formula is C21H27O3P. The van der Waals surface area contributed by atoms with Gasteiger partial charge in [-0.3, -0.25) is 4.79 Å². The van der Waals surface area contributed by atoms with Gasteiger partial charge in [0.15, 0.2) is 0 Å². The maximum Gasteiger partial charge on any atom is 0.314 e. The molecule has 4 heteroatoms. The van der Waals surface area contributed by atoms with E-state index in [2.05, 4.69) is 46.8 Å². The zero-order valence-electron chi connectivity index (χ0n) is 15.9. The van der Waals surface area contributed by atoms with Gasteiger partial charge in [-0.25, -0.2) is 0 Å². The van der Waals surface area contributed by atoms with Gasteiger partial charge in [-0.05, 0) is 33.3 Å². The monoisotopic (exact) mass is 358 g/mol. The zero-order chi connectivity index (χ0) is 18.4. The number of carbonyl (C=O) groups is 1. The summed E-state index contributed by atoms with van der Waals surface area (Å²) in [5, 5.41) is -0.353. The Labute approximate surface area is 151 Å². The van der Waals surface area contributed by atoms with Crippen LogP contribution in [-0.4, -0.2) is 22.6 Å². The van der Waals surface area contributed by atoms with E-state index in [9.17, 15) is 9.69 Å². The number of allylic oxidation sites excluding steroid dienone is 2.